The molecule has 2 heterocycles. The van der Waals surface area contributed by atoms with E-state index in [0.29, 0.717) is 6.04 Å². The van der Waals surface area contributed by atoms with Crippen LogP contribution in [0.4, 0.5) is 0 Å². The minimum absolute atomic E-state index is 0.599. The van der Waals surface area contributed by atoms with Gasteiger partial charge in [-0.25, -0.2) is 0 Å². The molecule has 2 rings (SSSR count). The molecule has 16 heavy (non-hydrogen) atoms. The molecular weight excluding hydrogens is 218 g/mol. The Kier molecular flexibility index (Phi) is 3.83. The number of nitrogens with zero attached hydrogens (tertiary/aromatic N) is 2. The standard InChI is InChI=1S/C12H17N3S/c1-3-11-8-16-12(15-11)14-7-10-4-5-13-6-9(10)2/h4-6,11H,3,7-8H2,1-2H3,(H,14,15). The number of thioether (sulfide) groups is 1. The third kappa shape index (κ3) is 2.76. The molecule has 1 aliphatic heterocycles. The van der Waals surface area contributed by atoms with E-state index < -0.39 is 0 Å². The number of hydrogen-bond donors (Lipinski definition) is 1. The number of aromatic nitrogens is 1. The van der Waals surface area contributed by atoms with Crippen LogP contribution in [0.1, 0.15) is 24.5 Å². The fraction of sp³-hybridized carbons (Fsp3) is 0.500. The molecule has 0 aliphatic carbocycles. The van der Waals surface area contributed by atoms with E-state index in [0.717, 1.165) is 17.5 Å². The predicted molar refractivity (Wildman–Crippen MR) is 69.8 cm³/mol. The Bertz CT molecular complexity index is 390. The van der Waals surface area contributed by atoms with Crippen molar-refractivity contribution in [3.63, 3.8) is 0 Å². The first-order valence-electron chi connectivity index (χ1n) is 5.63. The van der Waals surface area contributed by atoms with Gasteiger partial charge in [-0.3, -0.25) is 9.98 Å². The molecule has 1 saturated heterocycles. The minimum Gasteiger partial charge on any atom is -0.361 e. The van der Waals surface area contributed by atoms with E-state index in [9.17, 15) is 0 Å². The van der Waals surface area contributed by atoms with Crippen LogP contribution in [0, 0.1) is 6.92 Å². The van der Waals surface area contributed by atoms with Crippen molar-refractivity contribution in [2.24, 2.45) is 4.99 Å². The second-order valence-corrected chi connectivity index (χ2v) is 4.99. The topological polar surface area (TPSA) is 37.3 Å². The summed E-state index contributed by atoms with van der Waals surface area (Å²) in [6.45, 7) is 5.03. The molecule has 0 radical (unpaired) electrons. The summed E-state index contributed by atoms with van der Waals surface area (Å²) in [6.07, 6.45) is 4.88. The fourth-order valence-corrected chi connectivity index (χ4v) is 2.67. The van der Waals surface area contributed by atoms with Gasteiger partial charge in [0.05, 0.1) is 6.54 Å². The summed E-state index contributed by atoms with van der Waals surface area (Å²) >= 11 is 1.82. The van der Waals surface area contributed by atoms with Crippen LogP contribution in [-0.4, -0.2) is 21.9 Å². The van der Waals surface area contributed by atoms with E-state index in [1.165, 1.54) is 17.5 Å². The molecule has 1 aromatic heterocycles. The largest absolute Gasteiger partial charge is 0.361 e. The third-order valence-corrected chi connectivity index (χ3v) is 3.86. The van der Waals surface area contributed by atoms with Gasteiger partial charge in [-0.2, -0.15) is 0 Å². The van der Waals surface area contributed by atoms with Gasteiger partial charge in [0.25, 0.3) is 0 Å². The Balaban J connectivity index is 1.97. The molecule has 1 N–H and O–H groups in total. The quantitative estimate of drug-likeness (QED) is 0.874. The van der Waals surface area contributed by atoms with Gasteiger partial charge in [-0.1, -0.05) is 18.7 Å². The Morgan fingerprint density at radius 3 is 3.19 bits per heavy atom. The van der Waals surface area contributed by atoms with Crippen LogP contribution in [0.5, 0.6) is 0 Å². The first-order valence-corrected chi connectivity index (χ1v) is 6.61. The van der Waals surface area contributed by atoms with Crippen molar-refractivity contribution in [3.8, 4) is 0 Å². The molecule has 1 unspecified atom stereocenters. The number of aliphatic imine (C=N–C) groups is 1. The molecule has 0 spiro atoms. The molecule has 0 aromatic carbocycles. The molecule has 0 saturated carbocycles. The van der Waals surface area contributed by atoms with Crippen LogP contribution in [0.15, 0.2) is 23.5 Å². The van der Waals surface area contributed by atoms with E-state index in [1.807, 2.05) is 30.2 Å². The Labute approximate surface area is 101 Å². The van der Waals surface area contributed by atoms with Crippen molar-refractivity contribution in [2.45, 2.75) is 32.9 Å². The zero-order valence-electron chi connectivity index (χ0n) is 9.73. The number of hydrogen-bond acceptors (Lipinski definition) is 3. The number of nitrogens with one attached hydrogen (secondary N) is 1. The van der Waals surface area contributed by atoms with Gasteiger partial charge in [0.15, 0.2) is 5.17 Å². The number of amidine groups is 1. The van der Waals surface area contributed by atoms with Gasteiger partial charge in [0, 0.05) is 24.2 Å². The lowest BCUT2D eigenvalue weighted by molar-refractivity contribution is 0.667. The summed E-state index contributed by atoms with van der Waals surface area (Å²) < 4.78 is 0. The molecule has 0 bridgehead atoms. The maximum atomic E-state index is 4.59. The third-order valence-electron chi connectivity index (χ3n) is 2.77. The smallest absolute Gasteiger partial charge is 0.157 e. The van der Waals surface area contributed by atoms with Crippen molar-refractivity contribution in [3.05, 3.63) is 29.6 Å². The fourth-order valence-electron chi connectivity index (χ4n) is 1.59. The second kappa shape index (κ2) is 5.34. The summed E-state index contributed by atoms with van der Waals surface area (Å²) in [4.78, 5) is 8.67. The average Bonchev–Trinajstić information content (AvgIpc) is 2.76. The van der Waals surface area contributed by atoms with Crippen molar-refractivity contribution in [1.82, 2.24) is 10.3 Å². The van der Waals surface area contributed by atoms with Crippen LogP contribution < -0.4 is 5.32 Å². The van der Waals surface area contributed by atoms with Gasteiger partial charge in [-0.05, 0) is 30.5 Å². The van der Waals surface area contributed by atoms with E-state index in [4.69, 9.17) is 0 Å². The summed E-state index contributed by atoms with van der Waals surface area (Å²) in [7, 11) is 0. The second-order valence-electron chi connectivity index (χ2n) is 3.98. The highest BCUT2D eigenvalue weighted by Gasteiger charge is 2.17. The Hall–Kier alpha value is -1.03. The average molecular weight is 235 g/mol. The first kappa shape index (κ1) is 11.5. The zero-order chi connectivity index (χ0) is 11.4. The lowest BCUT2D eigenvalue weighted by Gasteiger charge is -2.05. The predicted octanol–water partition coefficient (Wildman–Crippen LogP) is 2.36. The van der Waals surface area contributed by atoms with Gasteiger partial charge >= 0.3 is 0 Å². The monoisotopic (exact) mass is 235 g/mol. The highest BCUT2D eigenvalue weighted by atomic mass is 32.2. The van der Waals surface area contributed by atoms with Gasteiger partial charge in [-0.15, -0.1) is 0 Å². The Morgan fingerprint density at radius 1 is 1.62 bits per heavy atom. The van der Waals surface area contributed by atoms with Crippen LogP contribution in [0.25, 0.3) is 0 Å². The van der Waals surface area contributed by atoms with Crippen molar-refractivity contribution in [2.75, 3.05) is 5.75 Å². The molecule has 1 fully saturated rings. The molecule has 0 amide bonds. The molecule has 1 aliphatic rings. The van der Waals surface area contributed by atoms with Gasteiger partial charge in [0.1, 0.15) is 0 Å². The molecule has 3 nitrogen and oxygen atoms in total. The molecule has 1 atom stereocenters. The minimum atomic E-state index is 0.599. The zero-order valence-corrected chi connectivity index (χ0v) is 10.5. The van der Waals surface area contributed by atoms with Crippen LogP contribution in [-0.2, 0) is 6.54 Å². The van der Waals surface area contributed by atoms with E-state index in [2.05, 4.69) is 29.1 Å². The van der Waals surface area contributed by atoms with E-state index in [-0.39, 0.29) is 0 Å². The lowest BCUT2D eigenvalue weighted by atomic mass is 10.2. The van der Waals surface area contributed by atoms with Crippen molar-refractivity contribution in [1.29, 1.82) is 0 Å². The molecular formula is C12H17N3S. The van der Waals surface area contributed by atoms with Crippen LogP contribution >= 0.6 is 11.8 Å². The van der Waals surface area contributed by atoms with Crippen LogP contribution in [0.2, 0.25) is 0 Å². The van der Waals surface area contributed by atoms with Crippen molar-refractivity contribution < 1.29 is 0 Å². The summed E-state index contributed by atoms with van der Waals surface area (Å²) in [5, 5.41) is 4.51. The van der Waals surface area contributed by atoms with E-state index >= 15 is 0 Å². The maximum absolute atomic E-state index is 4.59. The highest BCUT2D eigenvalue weighted by molar-refractivity contribution is 8.14. The lowest BCUT2D eigenvalue weighted by Crippen LogP contribution is -2.25. The molecule has 4 heteroatoms. The van der Waals surface area contributed by atoms with Crippen molar-refractivity contribution >= 4 is 16.9 Å². The van der Waals surface area contributed by atoms with Crippen LogP contribution in [0.3, 0.4) is 0 Å². The molecule has 86 valence electrons. The Morgan fingerprint density at radius 2 is 2.50 bits per heavy atom. The molecule has 1 aromatic rings. The highest BCUT2D eigenvalue weighted by Crippen LogP contribution is 2.16. The van der Waals surface area contributed by atoms with E-state index in [1.54, 1.807) is 0 Å². The number of rotatable bonds is 3. The number of aryl methyl sites for hydroxylation is 1. The van der Waals surface area contributed by atoms with Gasteiger partial charge in [0.2, 0.25) is 0 Å². The first-order chi connectivity index (χ1) is 7.79. The summed E-state index contributed by atoms with van der Waals surface area (Å²) in [5.41, 5.74) is 2.46. The number of pyridine rings is 1. The normalized spacial score (nSPS) is 22.4. The SMILES string of the molecule is CCC1CSC(=NCc2ccncc2C)N1. The summed E-state index contributed by atoms with van der Waals surface area (Å²) in [6, 6.07) is 2.64. The van der Waals surface area contributed by atoms with Gasteiger partial charge < -0.3 is 5.32 Å². The summed E-state index contributed by atoms with van der Waals surface area (Å²) in [5.74, 6) is 1.14. The maximum Gasteiger partial charge on any atom is 0.157 e.